The van der Waals surface area contributed by atoms with Gasteiger partial charge in [0.25, 0.3) is 0 Å². The molecule has 4 heteroatoms. The third-order valence-electron chi connectivity index (χ3n) is 3.24. The van der Waals surface area contributed by atoms with Gasteiger partial charge in [0.1, 0.15) is 5.75 Å². The summed E-state index contributed by atoms with van der Waals surface area (Å²) < 4.78 is 6.85. The van der Waals surface area contributed by atoms with Crippen LogP contribution in [0.1, 0.15) is 12.0 Å². The molecule has 2 aromatic rings. The Morgan fingerprint density at radius 3 is 2.52 bits per heavy atom. The average Bonchev–Trinajstić information content (AvgIpc) is 2.48. The molecule has 0 aliphatic carbocycles. The molecule has 0 saturated heterocycles. The zero-order valence-corrected chi connectivity index (χ0v) is 15.5. The molecule has 0 aliphatic heterocycles. The Morgan fingerprint density at radius 2 is 1.86 bits per heavy atom. The van der Waals surface area contributed by atoms with Crippen LogP contribution < -0.4 is 4.74 Å². The highest BCUT2D eigenvalue weighted by Crippen LogP contribution is 2.20. The molecule has 0 amide bonds. The van der Waals surface area contributed by atoms with Gasteiger partial charge in [0.15, 0.2) is 0 Å². The lowest BCUT2D eigenvalue weighted by Crippen LogP contribution is -2.11. The van der Waals surface area contributed by atoms with Crippen LogP contribution in [-0.2, 0) is 6.42 Å². The smallest absolute Gasteiger partial charge is 0.119 e. The molecular weight excluding hydrogens is 415 g/mol. The molecule has 21 heavy (non-hydrogen) atoms. The minimum atomic E-state index is 0.541. The van der Waals surface area contributed by atoms with Crippen molar-refractivity contribution >= 4 is 43.5 Å². The summed E-state index contributed by atoms with van der Waals surface area (Å²) >= 11 is 13.0. The molecule has 1 unspecified atom stereocenters. The standard InChI is InChI=1S/C17H17Br2ClO/c18-12-14(10-13-2-1-3-16(20)11-13)8-9-21-17-6-4-15(19)5-7-17/h1-7,11,14H,8-10,12H2. The summed E-state index contributed by atoms with van der Waals surface area (Å²) in [5, 5.41) is 1.76. The van der Waals surface area contributed by atoms with Crippen molar-refractivity contribution in [2.75, 3.05) is 11.9 Å². The van der Waals surface area contributed by atoms with E-state index in [1.165, 1.54) is 5.56 Å². The van der Waals surface area contributed by atoms with Crippen LogP contribution in [0.25, 0.3) is 0 Å². The molecule has 0 saturated carbocycles. The summed E-state index contributed by atoms with van der Waals surface area (Å²) in [6.45, 7) is 0.721. The van der Waals surface area contributed by atoms with E-state index < -0.39 is 0 Å². The maximum atomic E-state index is 6.03. The normalized spacial score (nSPS) is 12.1. The van der Waals surface area contributed by atoms with Gasteiger partial charge in [-0.05, 0) is 60.7 Å². The highest BCUT2D eigenvalue weighted by molar-refractivity contribution is 9.10. The number of halogens is 3. The van der Waals surface area contributed by atoms with E-state index in [4.69, 9.17) is 16.3 Å². The molecule has 0 spiro atoms. The number of alkyl halides is 1. The molecule has 0 bridgehead atoms. The monoisotopic (exact) mass is 430 g/mol. The van der Waals surface area contributed by atoms with Crippen LogP contribution in [0.15, 0.2) is 53.0 Å². The topological polar surface area (TPSA) is 9.23 Å². The Balaban J connectivity index is 1.81. The van der Waals surface area contributed by atoms with Gasteiger partial charge in [-0.3, -0.25) is 0 Å². The summed E-state index contributed by atoms with van der Waals surface area (Å²) in [5.41, 5.74) is 1.27. The fourth-order valence-corrected chi connectivity index (χ4v) is 3.14. The molecule has 2 rings (SSSR count). The summed E-state index contributed by atoms with van der Waals surface area (Å²) in [6.07, 6.45) is 2.02. The molecule has 0 heterocycles. The quantitative estimate of drug-likeness (QED) is 0.479. The largest absolute Gasteiger partial charge is 0.494 e. The van der Waals surface area contributed by atoms with Gasteiger partial charge in [-0.25, -0.2) is 0 Å². The Kier molecular flexibility index (Phi) is 7.08. The lowest BCUT2D eigenvalue weighted by molar-refractivity contribution is 0.285. The molecule has 112 valence electrons. The van der Waals surface area contributed by atoms with Gasteiger partial charge in [0, 0.05) is 14.8 Å². The van der Waals surface area contributed by atoms with Crippen LogP contribution >= 0.6 is 43.5 Å². The average molecular weight is 433 g/mol. The Hall–Kier alpha value is -0.510. The molecular formula is C17H17Br2ClO. The van der Waals surface area contributed by atoms with Crippen LogP contribution in [0.3, 0.4) is 0 Å². The summed E-state index contributed by atoms with van der Waals surface area (Å²) in [4.78, 5) is 0. The van der Waals surface area contributed by atoms with Crippen molar-refractivity contribution in [2.45, 2.75) is 12.8 Å². The van der Waals surface area contributed by atoms with Crippen molar-refractivity contribution in [1.29, 1.82) is 0 Å². The van der Waals surface area contributed by atoms with Crippen LogP contribution in [0.5, 0.6) is 5.75 Å². The second-order valence-corrected chi connectivity index (χ2v) is 6.95. The van der Waals surface area contributed by atoms with Crippen molar-refractivity contribution in [3.8, 4) is 5.75 Å². The van der Waals surface area contributed by atoms with Gasteiger partial charge in [-0.1, -0.05) is 55.6 Å². The van der Waals surface area contributed by atoms with Crippen molar-refractivity contribution in [1.82, 2.24) is 0 Å². The highest BCUT2D eigenvalue weighted by Gasteiger charge is 2.09. The Labute approximate surface area is 147 Å². The zero-order chi connectivity index (χ0) is 15.1. The molecule has 0 radical (unpaired) electrons. The van der Waals surface area contributed by atoms with E-state index in [-0.39, 0.29) is 0 Å². The third-order valence-corrected chi connectivity index (χ3v) is 4.92. The zero-order valence-electron chi connectivity index (χ0n) is 11.6. The molecule has 1 nitrogen and oxygen atoms in total. The van der Waals surface area contributed by atoms with Crippen molar-refractivity contribution in [3.63, 3.8) is 0 Å². The Bertz CT molecular complexity index is 557. The first-order chi connectivity index (χ1) is 10.2. The SMILES string of the molecule is Clc1cccc(CC(CBr)CCOc2ccc(Br)cc2)c1. The van der Waals surface area contributed by atoms with E-state index in [9.17, 15) is 0 Å². The van der Waals surface area contributed by atoms with Crippen LogP contribution in [0.2, 0.25) is 5.02 Å². The first-order valence-electron chi connectivity index (χ1n) is 6.86. The Morgan fingerprint density at radius 1 is 1.10 bits per heavy atom. The third kappa shape index (κ3) is 6.01. The molecule has 0 N–H and O–H groups in total. The first-order valence-corrected chi connectivity index (χ1v) is 9.15. The maximum Gasteiger partial charge on any atom is 0.119 e. The molecule has 0 aromatic heterocycles. The molecule has 1 atom stereocenters. The second kappa shape index (κ2) is 8.82. The van der Waals surface area contributed by atoms with Gasteiger partial charge in [-0.2, -0.15) is 0 Å². The number of hydrogen-bond donors (Lipinski definition) is 0. The predicted octanol–water partition coefficient (Wildman–Crippen LogP) is 6.13. The highest BCUT2D eigenvalue weighted by atomic mass is 79.9. The van der Waals surface area contributed by atoms with Crippen molar-refractivity contribution < 1.29 is 4.74 Å². The van der Waals surface area contributed by atoms with Gasteiger partial charge in [0.05, 0.1) is 6.61 Å². The number of hydrogen-bond acceptors (Lipinski definition) is 1. The van der Waals surface area contributed by atoms with Crippen LogP contribution in [0.4, 0.5) is 0 Å². The molecule has 2 aromatic carbocycles. The minimum Gasteiger partial charge on any atom is -0.494 e. The lowest BCUT2D eigenvalue weighted by atomic mass is 9.98. The van der Waals surface area contributed by atoms with Crippen molar-refractivity contribution in [2.24, 2.45) is 5.92 Å². The van der Waals surface area contributed by atoms with Crippen LogP contribution in [-0.4, -0.2) is 11.9 Å². The fraction of sp³-hybridized carbons (Fsp3) is 0.294. The number of rotatable bonds is 7. The van der Waals surface area contributed by atoms with E-state index in [0.717, 1.165) is 40.0 Å². The maximum absolute atomic E-state index is 6.03. The predicted molar refractivity (Wildman–Crippen MR) is 96.7 cm³/mol. The van der Waals surface area contributed by atoms with E-state index in [1.54, 1.807) is 0 Å². The second-order valence-electron chi connectivity index (χ2n) is 4.95. The van der Waals surface area contributed by atoms with Crippen LogP contribution in [0, 0.1) is 5.92 Å². The summed E-state index contributed by atoms with van der Waals surface area (Å²) in [7, 11) is 0. The lowest BCUT2D eigenvalue weighted by Gasteiger charge is -2.15. The minimum absolute atomic E-state index is 0.541. The first kappa shape index (κ1) is 16.9. The fourth-order valence-electron chi connectivity index (χ4n) is 2.11. The van der Waals surface area contributed by atoms with E-state index in [0.29, 0.717) is 5.92 Å². The van der Waals surface area contributed by atoms with Gasteiger partial charge < -0.3 is 4.74 Å². The molecule has 0 aliphatic rings. The number of ether oxygens (including phenoxy) is 1. The van der Waals surface area contributed by atoms with Gasteiger partial charge in [-0.15, -0.1) is 0 Å². The van der Waals surface area contributed by atoms with Crippen molar-refractivity contribution in [3.05, 3.63) is 63.6 Å². The van der Waals surface area contributed by atoms with Gasteiger partial charge >= 0.3 is 0 Å². The van der Waals surface area contributed by atoms with E-state index in [1.807, 2.05) is 42.5 Å². The number of benzene rings is 2. The van der Waals surface area contributed by atoms with E-state index >= 15 is 0 Å². The summed E-state index contributed by atoms with van der Waals surface area (Å²) in [6, 6.07) is 16.0. The van der Waals surface area contributed by atoms with Gasteiger partial charge in [0.2, 0.25) is 0 Å². The summed E-state index contributed by atoms with van der Waals surface area (Å²) in [5.74, 6) is 1.45. The molecule has 0 fully saturated rings. The van der Waals surface area contributed by atoms with E-state index in [2.05, 4.69) is 37.9 Å².